The smallest absolute Gasteiger partial charge is 0.251 e. The van der Waals surface area contributed by atoms with Crippen LogP contribution in [-0.2, 0) is 16.0 Å². The van der Waals surface area contributed by atoms with Crippen molar-refractivity contribution < 1.29 is 19.2 Å². The molecule has 4 rings (SSSR count). The predicted molar refractivity (Wildman–Crippen MR) is 208 cm³/mol. The Morgan fingerprint density at radius 3 is 2.06 bits per heavy atom. The van der Waals surface area contributed by atoms with E-state index in [2.05, 4.69) is 32.7 Å². The summed E-state index contributed by atoms with van der Waals surface area (Å²) in [6.07, 6.45) is 0.447. The average molecular weight is 735 g/mol. The third-order valence-corrected chi connectivity index (χ3v) is 9.07. The van der Waals surface area contributed by atoms with Crippen LogP contribution in [0.15, 0.2) is 97.1 Å². The van der Waals surface area contributed by atoms with Crippen molar-refractivity contribution in [2.45, 2.75) is 65.2 Å². The highest BCUT2D eigenvalue weighted by Gasteiger charge is 2.27. The molecular formula is C42H47ClN6O4. The lowest BCUT2D eigenvalue weighted by molar-refractivity contribution is -0.130. The maximum Gasteiger partial charge on any atom is 0.251 e. The van der Waals surface area contributed by atoms with Crippen LogP contribution in [-0.4, -0.2) is 54.8 Å². The first kappa shape index (κ1) is 40.3. The van der Waals surface area contributed by atoms with Gasteiger partial charge in [0.05, 0.1) is 23.7 Å². The molecule has 0 saturated heterocycles. The molecule has 0 unspecified atom stereocenters. The summed E-state index contributed by atoms with van der Waals surface area (Å²) in [5.74, 6) is -1.55. The highest BCUT2D eigenvalue weighted by atomic mass is 35.5. The standard InChI is InChI=1S/C42H47ClN6O4/c1-6-45-42(53)38(26(2)3)49-39(50)28(5)46-25-36(19-29-13-8-7-9-14-29)48-41(52)34-21-32(37-18-11-10-15-31(37)24-44)20-33(22-34)40(51)47-27(4)30-16-12-17-35(43)23-30/h7-18,20-23,26-28,36,38,46H,6,19,25H2,1-5H3,(H,45,53)(H,47,51)(H,48,52)(H,49,50)/t27-,28+,36+,38+/m1/s1. The van der Waals surface area contributed by atoms with Crippen LogP contribution < -0.4 is 26.6 Å². The molecule has 53 heavy (non-hydrogen) atoms. The van der Waals surface area contributed by atoms with Crippen molar-refractivity contribution in [3.63, 3.8) is 0 Å². The summed E-state index contributed by atoms with van der Waals surface area (Å²) in [4.78, 5) is 53.6. The predicted octanol–water partition coefficient (Wildman–Crippen LogP) is 5.97. The largest absolute Gasteiger partial charge is 0.355 e. The minimum Gasteiger partial charge on any atom is -0.355 e. The summed E-state index contributed by atoms with van der Waals surface area (Å²) in [5.41, 5.74) is 3.76. The number of nitriles is 1. The van der Waals surface area contributed by atoms with Crippen LogP contribution in [0.2, 0.25) is 5.02 Å². The van der Waals surface area contributed by atoms with Crippen LogP contribution in [0.5, 0.6) is 0 Å². The van der Waals surface area contributed by atoms with Gasteiger partial charge < -0.3 is 26.6 Å². The fourth-order valence-electron chi connectivity index (χ4n) is 5.87. The molecule has 4 atom stereocenters. The number of hydrogen-bond acceptors (Lipinski definition) is 6. The number of nitrogens with one attached hydrogen (secondary N) is 5. The Kier molecular flexibility index (Phi) is 14.7. The molecule has 5 N–H and O–H groups in total. The molecular weight excluding hydrogens is 688 g/mol. The van der Waals surface area contributed by atoms with Crippen molar-refractivity contribution in [1.29, 1.82) is 5.26 Å². The lowest BCUT2D eigenvalue weighted by Gasteiger charge is -2.25. The van der Waals surface area contributed by atoms with Gasteiger partial charge in [0.15, 0.2) is 0 Å². The van der Waals surface area contributed by atoms with E-state index in [1.165, 1.54) is 6.07 Å². The van der Waals surface area contributed by atoms with Crippen LogP contribution in [0.4, 0.5) is 0 Å². The van der Waals surface area contributed by atoms with Gasteiger partial charge in [0.1, 0.15) is 6.04 Å². The quantitative estimate of drug-likeness (QED) is 0.0958. The van der Waals surface area contributed by atoms with E-state index in [0.29, 0.717) is 34.7 Å². The Labute approximate surface area is 316 Å². The average Bonchev–Trinajstić information content (AvgIpc) is 3.15. The monoisotopic (exact) mass is 734 g/mol. The molecule has 0 aromatic heterocycles. The molecule has 0 saturated carbocycles. The highest BCUT2D eigenvalue weighted by Crippen LogP contribution is 2.27. The van der Waals surface area contributed by atoms with Crippen LogP contribution in [0.3, 0.4) is 0 Å². The second-order valence-corrected chi connectivity index (χ2v) is 13.8. The molecule has 0 heterocycles. The molecule has 10 nitrogen and oxygen atoms in total. The zero-order valence-corrected chi connectivity index (χ0v) is 31.5. The molecule has 276 valence electrons. The number of halogens is 1. The van der Waals surface area contributed by atoms with Crippen molar-refractivity contribution in [2.75, 3.05) is 13.1 Å². The van der Waals surface area contributed by atoms with Crippen LogP contribution in [0.25, 0.3) is 11.1 Å². The van der Waals surface area contributed by atoms with Gasteiger partial charge in [-0.2, -0.15) is 5.26 Å². The third kappa shape index (κ3) is 11.5. The molecule has 0 spiro atoms. The summed E-state index contributed by atoms with van der Waals surface area (Å²) in [6, 6.07) is 28.7. The Morgan fingerprint density at radius 2 is 1.42 bits per heavy atom. The zero-order valence-electron chi connectivity index (χ0n) is 30.7. The Morgan fingerprint density at radius 1 is 0.755 bits per heavy atom. The second-order valence-electron chi connectivity index (χ2n) is 13.3. The molecule has 0 aliphatic carbocycles. The van der Waals surface area contributed by atoms with Crippen LogP contribution >= 0.6 is 11.6 Å². The molecule has 0 aliphatic rings. The Hall–Kier alpha value is -5.50. The minimum absolute atomic E-state index is 0.120. The summed E-state index contributed by atoms with van der Waals surface area (Å²) in [5, 5.41) is 25.4. The number of amides is 4. The van der Waals surface area contributed by atoms with E-state index in [-0.39, 0.29) is 41.4 Å². The summed E-state index contributed by atoms with van der Waals surface area (Å²) in [6.45, 7) is 9.79. The molecule has 4 amide bonds. The number of hydrogen-bond donors (Lipinski definition) is 5. The first-order valence-electron chi connectivity index (χ1n) is 17.8. The lowest BCUT2D eigenvalue weighted by Crippen LogP contribution is -2.55. The molecule has 0 radical (unpaired) electrons. The topological polar surface area (TPSA) is 152 Å². The van der Waals surface area contributed by atoms with Crippen molar-refractivity contribution in [1.82, 2.24) is 26.6 Å². The van der Waals surface area contributed by atoms with Crippen molar-refractivity contribution in [2.24, 2.45) is 5.92 Å². The van der Waals surface area contributed by atoms with E-state index in [1.807, 2.05) is 70.2 Å². The number of carbonyl (C=O) groups is 4. The third-order valence-electron chi connectivity index (χ3n) is 8.83. The van der Waals surface area contributed by atoms with Gasteiger partial charge in [-0.05, 0) is 91.8 Å². The van der Waals surface area contributed by atoms with Gasteiger partial charge in [0.2, 0.25) is 11.8 Å². The Bertz CT molecular complexity index is 1940. The maximum absolute atomic E-state index is 14.1. The molecule has 11 heteroatoms. The van der Waals surface area contributed by atoms with Gasteiger partial charge in [0, 0.05) is 35.3 Å². The molecule has 0 bridgehead atoms. The fourth-order valence-corrected chi connectivity index (χ4v) is 6.07. The number of likely N-dealkylation sites (N-methyl/N-ethyl adjacent to an activating group) is 1. The van der Waals surface area contributed by atoms with Crippen LogP contribution in [0, 0.1) is 17.2 Å². The van der Waals surface area contributed by atoms with E-state index in [1.54, 1.807) is 55.5 Å². The van der Waals surface area contributed by atoms with E-state index in [4.69, 9.17) is 11.6 Å². The van der Waals surface area contributed by atoms with Gasteiger partial charge >= 0.3 is 0 Å². The van der Waals surface area contributed by atoms with E-state index in [0.717, 1.165) is 11.1 Å². The molecule has 0 aliphatic heterocycles. The number of nitrogens with zero attached hydrogens (tertiary/aromatic N) is 1. The Balaban J connectivity index is 1.61. The first-order chi connectivity index (χ1) is 25.4. The van der Waals surface area contributed by atoms with Gasteiger partial charge in [0.25, 0.3) is 11.8 Å². The molecule has 4 aromatic carbocycles. The van der Waals surface area contributed by atoms with Gasteiger partial charge in [-0.1, -0.05) is 86.1 Å². The van der Waals surface area contributed by atoms with E-state index in [9.17, 15) is 24.4 Å². The highest BCUT2D eigenvalue weighted by molar-refractivity contribution is 6.30. The fraction of sp³-hybridized carbons (Fsp3) is 0.310. The van der Waals surface area contributed by atoms with Crippen molar-refractivity contribution >= 4 is 35.2 Å². The zero-order chi connectivity index (χ0) is 38.5. The normalized spacial score (nSPS) is 13.2. The number of rotatable bonds is 16. The lowest BCUT2D eigenvalue weighted by atomic mass is 9.95. The SMILES string of the molecule is CCNC(=O)[C@@H](NC(=O)[C@H](C)NC[C@H](Cc1ccccc1)NC(=O)c1cc(C(=O)N[C@H](C)c2cccc(Cl)c2)cc(-c2ccccc2C#N)c1)C(C)C. The van der Waals surface area contributed by atoms with E-state index >= 15 is 0 Å². The molecule has 0 fully saturated rings. The second kappa shape index (κ2) is 19.4. The minimum atomic E-state index is -0.690. The van der Waals surface area contributed by atoms with Crippen molar-refractivity contribution in [3.05, 3.63) is 130 Å². The van der Waals surface area contributed by atoms with Gasteiger partial charge in [-0.25, -0.2) is 0 Å². The first-order valence-corrected chi connectivity index (χ1v) is 18.1. The summed E-state index contributed by atoms with van der Waals surface area (Å²) >= 11 is 6.19. The van der Waals surface area contributed by atoms with E-state index < -0.39 is 29.9 Å². The van der Waals surface area contributed by atoms with Gasteiger partial charge in [-0.15, -0.1) is 0 Å². The summed E-state index contributed by atoms with van der Waals surface area (Å²) in [7, 11) is 0. The number of benzene rings is 4. The maximum atomic E-state index is 14.1. The van der Waals surface area contributed by atoms with Crippen LogP contribution in [0.1, 0.15) is 78.1 Å². The van der Waals surface area contributed by atoms with Crippen molar-refractivity contribution in [3.8, 4) is 17.2 Å². The van der Waals surface area contributed by atoms with Gasteiger partial charge in [-0.3, -0.25) is 19.2 Å². The number of carbonyl (C=O) groups excluding carboxylic acids is 4. The molecule has 4 aromatic rings. The summed E-state index contributed by atoms with van der Waals surface area (Å²) < 4.78 is 0.